The molecule has 1 aliphatic rings. The number of hydrogen-bond acceptors (Lipinski definition) is 4. The van der Waals surface area contributed by atoms with E-state index in [1.54, 1.807) is 0 Å². The highest BCUT2D eigenvalue weighted by Crippen LogP contribution is 2.30. The van der Waals surface area contributed by atoms with Gasteiger partial charge < -0.3 is 15.8 Å². The third kappa shape index (κ3) is 4.75. The number of thioether (sulfide) groups is 1. The van der Waals surface area contributed by atoms with Crippen LogP contribution in [0.4, 0.5) is 0 Å². The first kappa shape index (κ1) is 12.6. The van der Waals surface area contributed by atoms with E-state index in [0.29, 0.717) is 17.0 Å². The second-order valence-corrected chi connectivity index (χ2v) is 6.34. The van der Waals surface area contributed by atoms with Crippen LogP contribution in [-0.4, -0.2) is 46.1 Å². The molecule has 1 fully saturated rings. The summed E-state index contributed by atoms with van der Waals surface area (Å²) in [6, 6.07) is 0. The Hall–Kier alpha value is -0.420. The van der Waals surface area contributed by atoms with E-state index in [2.05, 4.69) is 23.9 Å². The highest BCUT2D eigenvalue weighted by molar-refractivity contribution is 8.00. The zero-order valence-corrected chi connectivity index (χ0v) is 10.4. The zero-order valence-electron chi connectivity index (χ0n) is 9.57. The van der Waals surface area contributed by atoms with Crippen molar-refractivity contribution in [2.45, 2.75) is 31.4 Å². The second-order valence-electron chi connectivity index (χ2n) is 4.54. The van der Waals surface area contributed by atoms with Crippen molar-refractivity contribution in [3.8, 4) is 0 Å². The van der Waals surface area contributed by atoms with Crippen molar-refractivity contribution >= 4 is 17.6 Å². The molecular weight excluding hydrogens is 210 g/mol. The molecule has 0 atom stereocenters. The molecule has 1 aliphatic heterocycles. The van der Waals surface area contributed by atoms with Crippen LogP contribution >= 0.6 is 11.8 Å². The maximum absolute atomic E-state index is 8.44. The molecular formula is C10H21N3OS. The van der Waals surface area contributed by atoms with Crippen molar-refractivity contribution in [3.05, 3.63) is 0 Å². The van der Waals surface area contributed by atoms with E-state index in [0.717, 1.165) is 19.6 Å². The Morgan fingerprint density at radius 2 is 2.27 bits per heavy atom. The molecule has 0 saturated carbocycles. The van der Waals surface area contributed by atoms with Crippen LogP contribution in [0.3, 0.4) is 0 Å². The Labute approximate surface area is 95.9 Å². The Balaban J connectivity index is 2.32. The van der Waals surface area contributed by atoms with Gasteiger partial charge in [-0.05, 0) is 13.0 Å². The van der Waals surface area contributed by atoms with Crippen LogP contribution in [0.1, 0.15) is 26.7 Å². The van der Waals surface area contributed by atoms with Gasteiger partial charge in [0.05, 0.1) is 0 Å². The maximum atomic E-state index is 8.44. The fourth-order valence-electron chi connectivity index (χ4n) is 1.61. The molecule has 15 heavy (non-hydrogen) atoms. The predicted molar refractivity (Wildman–Crippen MR) is 65.6 cm³/mol. The minimum Gasteiger partial charge on any atom is -0.409 e. The molecule has 0 amide bonds. The summed E-state index contributed by atoms with van der Waals surface area (Å²) in [6.45, 7) is 7.70. The molecule has 5 heteroatoms. The maximum Gasteiger partial charge on any atom is 0.140 e. The summed E-state index contributed by atoms with van der Waals surface area (Å²) in [6.07, 6.45) is 1.86. The van der Waals surface area contributed by atoms with Crippen LogP contribution in [0.2, 0.25) is 0 Å². The third-order valence-electron chi connectivity index (χ3n) is 2.74. The van der Waals surface area contributed by atoms with Gasteiger partial charge in [-0.2, -0.15) is 11.8 Å². The minimum absolute atomic E-state index is 0.325. The molecule has 1 heterocycles. The summed E-state index contributed by atoms with van der Waals surface area (Å²) < 4.78 is 0.394. The van der Waals surface area contributed by atoms with Crippen LogP contribution in [0.25, 0.3) is 0 Å². The number of rotatable bonds is 3. The quantitative estimate of drug-likeness (QED) is 0.333. The first-order chi connectivity index (χ1) is 7.03. The Bertz CT molecular complexity index is 231. The van der Waals surface area contributed by atoms with Gasteiger partial charge in [-0.1, -0.05) is 19.0 Å². The molecule has 1 rings (SSSR count). The highest BCUT2D eigenvalue weighted by atomic mass is 32.2. The fraction of sp³-hybridized carbons (Fsp3) is 0.900. The van der Waals surface area contributed by atoms with E-state index < -0.39 is 0 Å². The summed E-state index contributed by atoms with van der Waals surface area (Å²) in [7, 11) is 0. The Morgan fingerprint density at radius 1 is 1.53 bits per heavy atom. The van der Waals surface area contributed by atoms with E-state index in [-0.39, 0.29) is 0 Å². The van der Waals surface area contributed by atoms with Crippen molar-refractivity contribution in [2.75, 3.05) is 25.4 Å². The van der Waals surface area contributed by atoms with Crippen molar-refractivity contribution in [1.82, 2.24) is 4.90 Å². The zero-order chi connectivity index (χ0) is 11.3. The molecule has 0 aliphatic carbocycles. The minimum atomic E-state index is 0.325. The molecule has 0 aromatic carbocycles. The van der Waals surface area contributed by atoms with Crippen LogP contribution in [0.15, 0.2) is 5.16 Å². The molecule has 3 N–H and O–H groups in total. The molecule has 0 radical (unpaired) electrons. The molecule has 4 nitrogen and oxygen atoms in total. The summed E-state index contributed by atoms with van der Waals surface area (Å²) >= 11 is 2.03. The molecule has 0 aromatic rings. The van der Waals surface area contributed by atoms with Gasteiger partial charge in [0.2, 0.25) is 0 Å². The van der Waals surface area contributed by atoms with Crippen molar-refractivity contribution in [1.29, 1.82) is 0 Å². The van der Waals surface area contributed by atoms with E-state index in [1.807, 2.05) is 11.8 Å². The smallest absolute Gasteiger partial charge is 0.140 e. The Kier molecular flexibility index (Phi) is 4.73. The first-order valence-corrected chi connectivity index (χ1v) is 6.35. The highest BCUT2D eigenvalue weighted by Gasteiger charge is 2.23. The van der Waals surface area contributed by atoms with E-state index >= 15 is 0 Å². The van der Waals surface area contributed by atoms with Gasteiger partial charge in [-0.3, -0.25) is 0 Å². The van der Waals surface area contributed by atoms with Crippen molar-refractivity contribution in [3.63, 3.8) is 0 Å². The van der Waals surface area contributed by atoms with Crippen LogP contribution < -0.4 is 5.73 Å². The number of amidine groups is 1. The molecule has 0 aromatic heterocycles. The lowest BCUT2D eigenvalue weighted by atomic mass is 10.1. The van der Waals surface area contributed by atoms with Gasteiger partial charge in [0.1, 0.15) is 5.84 Å². The second kappa shape index (κ2) is 5.61. The lowest BCUT2D eigenvalue weighted by Gasteiger charge is -2.22. The molecule has 0 bridgehead atoms. The van der Waals surface area contributed by atoms with Crippen molar-refractivity contribution < 1.29 is 5.21 Å². The number of nitrogens with two attached hydrogens (primary N) is 1. The third-order valence-corrected chi connectivity index (χ3v) is 4.12. The number of oxime groups is 1. The largest absolute Gasteiger partial charge is 0.409 e. The SMILES string of the molecule is CC1(C)CCN(CCC(N)=NO)CCS1. The van der Waals surface area contributed by atoms with Crippen molar-refractivity contribution in [2.24, 2.45) is 10.9 Å². The van der Waals surface area contributed by atoms with Crippen LogP contribution in [0, 0.1) is 0 Å². The standard InChI is InChI=1S/C10H21N3OS/c1-10(2)4-6-13(7-8-15-10)5-3-9(11)12-14/h14H,3-8H2,1-2H3,(H2,11,12). The summed E-state index contributed by atoms with van der Waals surface area (Å²) in [5.41, 5.74) is 5.45. The van der Waals surface area contributed by atoms with Gasteiger partial charge in [-0.25, -0.2) is 0 Å². The van der Waals surface area contributed by atoms with Gasteiger partial charge in [0, 0.05) is 30.0 Å². The van der Waals surface area contributed by atoms with Gasteiger partial charge in [0.15, 0.2) is 0 Å². The first-order valence-electron chi connectivity index (χ1n) is 5.36. The van der Waals surface area contributed by atoms with E-state index in [4.69, 9.17) is 10.9 Å². The average Bonchev–Trinajstić information content (AvgIpc) is 2.36. The normalized spacial score (nSPS) is 23.7. The van der Waals surface area contributed by atoms with Gasteiger partial charge in [-0.15, -0.1) is 0 Å². The van der Waals surface area contributed by atoms with E-state index in [9.17, 15) is 0 Å². The molecule has 1 saturated heterocycles. The lowest BCUT2D eigenvalue weighted by Crippen LogP contribution is -2.30. The fourth-order valence-corrected chi connectivity index (χ4v) is 2.75. The topological polar surface area (TPSA) is 61.8 Å². The summed E-state index contributed by atoms with van der Waals surface area (Å²) in [5.74, 6) is 1.49. The molecule has 88 valence electrons. The average molecular weight is 231 g/mol. The van der Waals surface area contributed by atoms with Crippen LogP contribution in [0.5, 0.6) is 0 Å². The van der Waals surface area contributed by atoms with E-state index in [1.165, 1.54) is 12.2 Å². The number of nitrogens with zero attached hydrogens (tertiary/aromatic N) is 2. The van der Waals surface area contributed by atoms with Gasteiger partial charge >= 0.3 is 0 Å². The molecule has 0 spiro atoms. The summed E-state index contributed by atoms with van der Waals surface area (Å²) in [5, 5.41) is 11.4. The van der Waals surface area contributed by atoms with Crippen LogP contribution in [-0.2, 0) is 0 Å². The predicted octanol–water partition coefficient (Wildman–Crippen LogP) is 1.34. The van der Waals surface area contributed by atoms with Gasteiger partial charge in [0.25, 0.3) is 0 Å². The summed E-state index contributed by atoms with van der Waals surface area (Å²) in [4.78, 5) is 2.39. The molecule has 0 unspecified atom stereocenters. The Morgan fingerprint density at radius 3 is 2.93 bits per heavy atom. The monoisotopic (exact) mass is 231 g/mol. The lowest BCUT2D eigenvalue weighted by molar-refractivity contribution is 0.286. The number of hydrogen-bond donors (Lipinski definition) is 2.